The van der Waals surface area contributed by atoms with Crippen molar-refractivity contribution < 1.29 is 24.1 Å². The molecule has 1 aromatic heterocycles. The first-order valence-corrected chi connectivity index (χ1v) is 13.1. The van der Waals surface area contributed by atoms with E-state index in [1.165, 1.54) is 11.1 Å². The number of rotatable bonds is 9. The number of fused-ring (bicyclic) bond motifs is 1. The molecule has 0 amide bonds. The zero-order valence-electron chi connectivity index (χ0n) is 20.7. The third kappa shape index (κ3) is 5.78. The Hall–Kier alpha value is -1.92. The zero-order valence-corrected chi connectivity index (χ0v) is 22.4. The predicted molar refractivity (Wildman–Crippen MR) is 130 cm³/mol. The molecule has 1 atom stereocenters. The third-order valence-corrected chi connectivity index (χ3v) is 8.54. The Morgan fingerprint density at radius 3 is 2.36 bits per heavy atom. The van der Waals surface area contributed by atoms with Crippen molar-refractivity contribution in [2.45, 2.75) is 77.9 Å². The van der Waals surface area contributed by atoms with E-state index in [0.717, 1.165) is 27.6 Å². The van der Waals surface area contributed by atoms with E-state index in [0.29, 0.717) is 12.1 Å². The maximum atomic E-state index is 11.5. The van der Waals surface area contributed by atoms with Crippen LogP contribution in [-0.4, -0.2) is 51.2 Å². The van der Waals surface area contributed by atoms with Crippen molar-refractivity contribution in [3.8, 4) is 5.75 Å². The molecule has 180 valence electrons. The standard InChI is InChI=1S/C26H35NO5Se/c1-8-20-17(24(28)29)9-10-23(27-20)33-22-14-19-18(25(3,4)11-12-26(19,5)6)13-21(22)32-15-31-16(2)30-7/h9-10,13-14,16H,8,11-12,15H2,1-7H3,(H,28,29). The molecule has 3 rings (SSSR count). The third-order valence-electron chi connectivity index (χ3n) is 6.49. The second-order valence-corrected chi connectivity index (χ2v) is 12.0. The maximum absolute atomic E-state index is 11.5. The molecule has 2 aromatic rings. The van der Waals surface area contributed by atoms with E-state index in [9.17, 15) is 9.90 Å². The number of hydrogen-bond donors (Lipinski definition) is 1. The van der Waals surface area contributed by atoms with Crippen LogP contribution in [-0.2, 0) is 26.7 Å². The summed E-state index contributed by atoms with van der Waals surface area (Å²) in [6.45, 7) is 13.0. The molecule has 1 aromatic carbocycles. The van der Waals surface area contributed by atoms with Crippen LogP contribution in [0.4, 0.5) is 0 Å². The molecule has 1 heterocycles. The number of carboxylic acids is 1. The molecule has 7 heteroatoms. The number of methoxy groups -OCH3 is 1. The Kier molecular flexibility index (Phi) is 7.90. The Labute approximate surface area is 203 Å². The summed E-state index contributed by atoms with van der Waals surface area (Å²) in [6, 6.07) is 7.95. The SMILES string of the molecule is CCc1nc([Se]c2cc3c(cc2OCOC(C)OC)C(C)(C)CCC3(C)C)ccc1C(=O)O. The normalized spacial score (nSPS) is 17.3. The van der Waals surface area contributed by atoms with Crippen LogP contribution in [0.3, 0.4) is 0 Å². The Morgan fingerprint density at radius 2 is 1.79 bits per heavy atom. The van der Waals surface area contributed by atoms with Crippen LogP contribution in [0.2, 0.25) is 0 Å². The van der Waals surface area contributed by atoms with Gasteiger partial charge in [-0.25, -0.2) is 0 Å². The molecule has 0 aliphatic heterocycles. The number of nitrogens with zero attached hydrogens (tertiary/aromatic N) is 1. The fraction of sp³-hybridized carbons (Fsp3) is 0.538. The van der Waals surface area contributed by atoms with Gasteiger partial charge in [0.25, 0.3) is 0 Å². The van der Waals surface area contributed by atoms with Crippen LogP contribution in [0.15, 0.2) is 24.3 Å². The second kappa shape index (κ2) is 10.1. The summed E-state index contributed by atoms with van der Waals surface area (Å²) in [7, 11) is 1.60. The van der Waals surface area contributed by atoms with Crippen molar-refractivity contribution in [1.82, 2.24) is 4.98 Å². The van der Waals surface area contributed by atoms with E-state index in [1.807, 2.05) is 19.9 Å². The summed E-state index contributed by atoms with van der Waals surface area (Å²) in [6.07, 6.45) is 2.46. The van der Waals surface area contributed by atoms with Gasteiger partial charge in [-0.05, 0) is 0 Å². The van der Waals surface area contributed by atoms with Gasteiger partial charge >= 0.3 is 203 Å². The van der Waals surface area contributed by atoms with Gasteiger partial charge in [0.1, 0.15) is 0 Å². The van der Waals surface area contributed by atoms with Crippen LogP contribution in [0, 0.1) is 0 Å². The quantitative estimate of drug-likeness (QED) is 0.402. The number of carboxylic acid groups (broad SMARTS) is 1. The van der Waals surface area contributed by atoms with E-state index in [2.05, 4.69) is 44.8 Å². The molecule has 0 spiro atoms. The Balaban J connectivity index is 2.04. The Bertz CT molecular complexity index is 1020. The number of pyridine rings is 1. The molecule has 0 radical (unpaired) electrons. The van der Waals surface area contributed by atoms with Gasteiger partial charge in [-0.2, -0.15) is 0 Å². The van der Waals surface area contributed by atoms with Crippen LogP contribution >= 0.6 is 0 Å². The molecule has 1 aliphatic rings. The van der Waals surface area contributed by atoms with Crippen molar-refractivity contribution in [2.75, 3.05) is 13.9 Å². The predicted octanol–water partition coefficient (Wildman–Crippen LogP) is 3.69. The molecule has 0 bridgehead atoms. The summed E-state index contributed by atoms with van der Waals surface area (Å²) in [4.78, 5) is 16.2. The van der Waals surface area contributed by atoms with Crippen LogP contribution in [0.1, 0.15) is 81.6 Å². The van der Waals surface area contributed by atoms with Gasteiger partial charge in [0.2, 0.25) is 0 Å². The molecule has 0 fully saturated rings. The van der Waals surface area contributed by atoms with E-state index in [1.54, 1.807) is 13.2 Å². The number of aromatic carboxylic acids is 1. The average molecular weight is 521 g/mol. The molecule has 1 unspecified atom stereocenters. The van der Waals surface area contributed by atoms with Gasteiger partial charge in [0.05, 0.1) is 0 Å². The van der Waals surface area contributed by atoms with Gasteiger partial charge in [-0.1, -0.05) is 0 Å². The van der Waals surface area contributed by atoms with E-state index < -0.39 is 5.97 Å². The minimum atomic E-state index is -0.940. The number of hydrogen-bond acceptors (Lipinski definition) is 5. The van der Waals surface area contributed by atoms with Gasteiger partial charge in [0, 0.05) is 0 Å². The summed E-state index contributed by atoms with van der Waals surface area (Å²) < 4.78 is 18.8. The number of benzene rings is 1. The first-order chi connectivity index (χ1) is 15.5. The second-order valence-electron chi connectivity index (χ2n) is 9.75. The first kappa shape index (κ1) is 25.7. The molecule has 1 aliphatic carbocycles. The van der Waals surface area contributed by atoms with E-state index in [4.69, 9.17) is 14.2 Å². The topological polar surface area (TPSA) is 77.9 Å². The zero-order chi connectivity index (χ0) is 24.4. The van der Waals surface area contributed by atoms with Crippen LogP contribution in [0.25, 0.3) is 0 Å². The summed E-state index contributed by atoms with van der Waals surface area (Å²) >= 11 is -0.157. The molecule has 1 N–H and O–H groups in total. The van der Waals surface area contributed by atoms with Gasteiger partial charge in [-0.3, -0.25) is 0 Å². The number of ether oxygens (including phenoxy) is 3. The minimum absolute atomic E-state index is 0.0614. The number of carbonyl (C=O) groups is 1. The summed E-state index contributed by atoms with van der Waals surface area (Å²) in [5, 5.41) is 9.44. The molecule has 0 saturated carbocycles. The monoisotopic (exact) mass is 521 g/mol. The molecular formula is C26H35NO5Se. The van der Waals surface area contributed by atoms with E-state index in [-0.39, 0.29) is 44.4 Å². The average Bonchev–Trinajstić information content (AvgIpc) is 2.77. The van der Waals surface area contributed by atoms with E-state index >= 15 is 0 Å². The van der Waals surface area contributed by atoms with Gasteiger partial charge < -0.3 is 0 Å². The van der Waals surface area contributed by atoms with Gasteiger partial charge in [0.15, 0.2) is 0 Å². The van der Waals surface area contributed by atoms with Crippen LogP contribution in [0.5, 0.6) is 5.75 Å². The number of aryl methyl sites for hydroxylation is 1. The number of aromatic nitrogens is 1. The first-order valence-electron chi connectivity index (χ1n) is 11.4. The van der Waals surface area contributed by atoms with Crippen molar-refractivity contribution >= 4 is 30.0 Å². The molecular weight excluding hydrogens is 485 g/mol. The van der Waals surface area contributed by atoms with Gasteiger partial charge in [-0.15, -0.1) is 0 Å². The summed E-state index contributed by atoms with van der Waals surface area (Å²) in [5.74, 6) is -0.144. The molecule has 0 saturated heterocycles. The van der Waals surface area contributed by atoms with Crippen LogP contribution < -0.4 is 13.8 Å². The fourth-order valence-corrected chi connectivity index (χ4v) is 6.06. The van der Waals surface area contributed by atoms with Crippen molar-refractivity contribution in [1.29, 1.82) is 0 Å². The summed E-state index contributed by atoms with van der Waals surface area (Å²) in [5.41, 5.74) is 3.68. The van der Waals surface area contributed by atoms with Crippen molar-refractivity contribution in [3.63, 3.8) is 0 Å². The Morgan fingerprint density at radius 1 is 1.15 bits per heavy atom. The van der Waals surface area contributed by atoms with Crippen molar-refractivity contribution in [2.24, 2.45) is 0 Å². The molecule has 6 nitrogen and oxygen atoms in total. The molecule has 33 heavy (non-hydrogen) atoms. The fourth-order valence-electron chi connectivity index (χ4n) is 4.14. The van der Waals surface area contributed by atoms with Crippen molar-refractivity contribution in [3.05, 3.63) is 46.6 Å².